The molecule has 0 radical (unpaired) electrons. The highest BCUT2D eigenvalue weighted by atomic mass is 32.1. The van der Waals surface area contributed by atoms with E-state index in [1.165, 1.54) is 4.70 Å². The molecule has 0 aliphatic carbocycles. The van der Waals surface area contributed by atoms with E-state index in [9.17, 15) is 0 Å². The van der Waals surface area contributed by atoms with E-state index in [1.54, 1.807) is 29.9 Å². The SMILES string of the molecule is CN(Cc1cnccn1)c1nc2ccccc2s1. The van der Waals surface area contributed by atoms with Crippen LogP contribution in [-0.4, -0.2) is 22.0 Å². The molecule has 0 aliphatic rings. The van der Waals surface area contributed by atoms with Crippen LogP contribution in [0.3, 0.4) is 0 Å². The van der Waals surface area contributed by atoms with Crippen molar-refractivity contribution in [3.8, 4) is 0 Å². The van der Waals surface area contributed by atoms with E-state index in [1.807, 2.05) is 25.2 Å². The lowest BCUT2D eigenvalue weighted by Crippen LogP contribution is -2.16. The van der Waals surface area contributed by atoms with Gasteiger partial charge in [0.25, 0.3) is 0 Å². The molecule has 0 fully saturated rings. The molecule has 2 heterocycles. The molecule has 1 aromatic carbocycles. The summed E-state index contributed by atoms with van der Waals surface area (Å²) in [5.41, 5.74) is 1.99. The van der Waals surface area contributed by atoms with Gasteiger partial charge in [0.1, 0.15) is 0 Å². The summed E-state index contributed by atoms with van der Waals surface area (Å²) in [6.45, 7) is 0.716. The van der Waals surface area contributed by atoms with Crippen LogP contribution in [0.15, 0.2) is 42.9 Å². The second-order valence-electron chi connectivity index (χ2n) is 4.02. The van der Waals surface area contributed by atoms with Crippen molar-refractivity contribution in [3.05, 3.63) is 48.5 Å². The number of anilines is 1. The van der Waals surface area contributed by atoms with Crippen molar-refractivity contribution >= 4 is 26.7 Å². The summed E-state index contributed by atoms with van der Waals surface area (Å²) >= 11 is 1.69. The minimum absolute atomic E-state index is 0.716. The molecule has 0 spiro atoms. The number of para-hydroxylation sites is 1. The topological polar surface area (TPSA) is 41.9 Å². The van der Waals surface area contributed by atoms with Crippen LogP contribution in [0.1, 0.15) is 5.69 Å². The van der Waals surface area contributed by atoms with Gasteiger partial charge in [-0.3, -0.25) is 9.97 Å². The minimum atomic E-state index is 0.716. The highest BCUT2D eigenvalue weighted by Crippen LogP contribution is 2.28. The second-order valence-corrected chi connectivity index (χ2v) is 5.03. The summed E-state index contributed by atoms with van der Waals surface area (Å²) in [7, 11) is 2.02. The molecule has 0 unspecified atom stereocenters. The summed E-state index contributed by atoms with van der Waals surface area (Å²) in [5, 5.41) is 1.00. The first kappa shape index (κ1) is 11.1. The molecule has 5 heteroatoms. The van der Waals surface area contributed by atoms with Crippen molar-refractivity contribution in [2.45, 2.75) is 6.54 Å². The normalized spacial score (nSPS) is 10.7. The van der Waals surface area contributed by atoms with Crippen molar-refractivity contribution in [3.63, 3.8) is 0 Å². The minimum Gasteiger partial charge on any atom is -0.345 e. The lowest BCUT2D eigenvalue weighted by atomic mass is 10.3. The van der Waals surface area contributed by atoms with Gasteiger partial charge in [-0.05, 0) is 12.1 Å². The average Bonchev–Trinajstić information content (AvgIpc) is 2.84. The summed E-state index contributed by atoms with van der Waals surface area (Å²) in [6, 6.07) is 8.17. The molecule has 0 saturated heterocycles. The Morgan fingerprint density at radius 1 is 1.22 bits per heavy atom. The third-order valence-corrected chi connectivity index (χ3v) is 3.78. The van der Waals surface area contributed by atoms with E-state index in [-0.39, 0.29) is 0 Å². The zero-order chi connectivity index (χ0) is 12.4. The van der Waals surface area contributed by atoms with Gasteiger partial charge in [-0.2, -0.15) is 0 Å². The van der Waals surface area contributed by atoms with Crippen molar-refractivity contribution in [1.82, 2.24) is 15.0 Å². The number of rotatable bonds is 3. The zero-order valence-electron chi connectivity index (χ0n) is 9.95. The maximum Gasteiger partial charge on any atom is 0.186 e. The van der Waals surface area contributed by atoms with E-state index in [2.05, 4.69) is 25.9 Å². The number of fused-ring (bicyclic) bond motifs is 1. The Labute approximate surface area is 109 Å². The molecule has 0 atom stereocenters. The Hall–Kier alpha value is -2.01. The Balaban J connectivity index is 1.86. The van der Waals surface area contributed by atoms with Crippen molar-refractivity contribution in [2.75, 3.05) is 11.9 Å². The summed E-state index contributed by atoms with van der Waals surface area (Å²) < 4.78 is 1.21. The molecule has 0 aliphatic heterocycles. The van der Waals surface area contributed by atoms with Crippen LogP contribution >= 0.6 is 11.3 Å². The van der Waals surface area contributed by atoms with Crippen LogP contribution in [0.2, 0.25) is 0 Å². The molecule has 3 rings (SSSR count). The number of hydrogen-bond acceptors (Lipinski definition) is 5. The van der Waals surface area contributed by atoms with E-state index >= 15 is 0 Å². The van der Waals surface area contributed by atoms with Gasteiger partial charge in [0.05, 0.1) is 28.7 Å². The highest BCUT2D eigenvalue weighted by molar-refractivity contribution is 7.22. The molecular formula is C13H12N4S. The number of thiazole rings is 1. The molecule has 0 bridgehead atoms. The van der Waals surface area contributed by atoms with Crippen molar-refractivity contribution in [1.29, 1.82) is 0 Å². The Morgan fingerprint density at radius 2 is 2.11 bits per heavy atom. The Kier molecular flexibility index (Phi) is 2.90. The van der Waals surface area contributed by atoms with E-state index in [0.717, 1.165) is 16.3 Å². The van der Waals surface area contributed by atoms with Gasteiger partial charge in [0.2, 0.25) is 0 Å². The maximum absolute atomic E-state index is 4.61. The number of aromatic nitrogens is 3. The quantitative estimate of drug-likeness (QED) is 0.722. The highest BCUT2D eigenvalue weighted by Gasteiger charge is 2.08. The van der Waals surface area contributed by atoms with Gasteiger partial charge in [0, 0.05) is 19.4 Å². The monoisotopic (exact) mass is 256 g/mol. The van der Waals surface area contributed by atoms with Crippen LogP contribution in [0.5, 0.6) is 0 Å². The van der Waals surface area contributed by atoms with Crippen molar-refractivity contribution < 1.29 is 0 Å². The third-order valence-electron chi connectivity index (χ3n) is 2.62. The number of nitrogens with zero attached hydrogens (tertiary/aromatic N) is 4. The molecule has 3 aromatic rings. The molecule has 2 aromatic heterocycles. The molecule has 18 heavy (non-hydrogen) atoms. The van der Waals surface area contributed by atoms with Crippen LogP contribution in [-0.2, 0) is 6.54 Å². The van der Waals surface area contributed by atoms with Crippen LogP contribution in [0, 0.1) is 0 Å². The molecule has 0 N–H and O–H groups in total. The van der Waals surface area contributed by atoms with Crippen LogP contribution in [0.25, 0.3) is 10.2 Å². The van der Waals surface area contributed by atoms with E-state index < -0.39 is 0 Å². The predicted octanol–water partition coefficient (Wildman–Crippen LogP) is 2.72. The first-order valence-corrected chi connectivity index (χ1v) is 6.46. The van der Waals surface area contributed by atoms with Gasteiger partial charge < -0.3 is 4.90 Å². The van der Waals surface area contributed by atoms with Crippen LogP contribution in [0.4, 0.5) is 5.13 Å². The molecule has 90 valence electrons. The Morgan fingerprint density at radius 3 is 2.89 bits per heavy atom. The lowest BCUT2D eigenvalue weighted by Gasteiger charge is -2.14. The first-order chi connectivity index (χ1) is 8.83. The fourth-order valence-electron chi connectivity index (χ4n) is 1.75. The fraction of sp³-hybridized carbons (Fsp3) is 0.154. The van der Waals surface area contributed by atoms with Gasteiger partial charge in [0.15, 0.2) is 5.13 Å². The Bertz CT molecular complexity index is 617. The molecule has 4 nitrogen and oxygen atoms in total. The summed E-state index contributed by atoms with van der Waals surface area (Å²) in [4.78, 5) is 15.0. The maximum atomic E-state index is 4.61. The van der Waals surface area contributed by atoms with Gasteiger partial charge >= 0.3 is 0 Å². The smallest absolute Gasteiger partial charge is 0.186 e. The predicted molar refractivity (Wildman–Crippen MR) is 73.8 cm³/mol. The summed E-state index contributed by atoms with van der Waals surface area (Å²) in [6.07, 6.45) is 5.17. The summed E-state index contributed by atoms with van der Waals surface area (Å²) in [5.74, 6) is 0. The standard InChI is InChI=1S/C13H12N4S/c1-17(9-10-8-14-6-7-15-10)13-16-11-4-2-3-5-12(11)18-13/h2-8H,9H2,1H3. The van der Waals surface area contributed by atoms with Gasteiger partial charge in [-0.15, -0.1) is 0 Å². The second kappa shape index (κ2) is 4.70. The molecule has 0 amide bonds. The fourth-order valence-corrected chi connectivity index (χ4v) is 2.67. The van der Waals surface area contributed by atoms with Gasteiger partial charge in [-0.1, -0.05) is 23.5 Å². The average molecular weight is 256 g/mol. The van der Waals surface area contributed by atoms with Crippen LogP contribution < -0.4 is 4.90 Å². The molecule has 0 saturated carbocycles. The van der Waals surface area contributed by atoms with Gasteiger partial charge in [-0.25, -0.2) is 4.98 Å². The van der Waals surface area contributed by atoms with E-state index in [0.29, 0.717) is 6.54 Å². The number of hydrogen-bond donors (Lipinski definition) is 0. The third kappa shape index (κ3) is 2.17. The lowest BCUT2D eigenvalue weighted by molar-refractivity contribution is 0.869. The largest absolute Gasteiger partial charge is 0.345 e. The first-order valence-electron chi connectivity index (χ1n) is 5.64. The zero-order valence-corrected chi connectivity index (χ0v) is 10.8. The molecular weight excluding hydrogens is 244 g/mol. The van der Waals surface area contributed by atoms with Crippen molar-refractivity contribution in [2.24, 2.45) is 0 Å². The van der Waals surface area contributed by atoms with E-state index in [4.69, 9.17) is 0 Å². The number of benzene rings is 1.